The molecular formula is C17H33N3O. The molecule has 0 aliphatic carbocycles. The molecule has 2 atom stereocenters. The van der Waals surface area contributed by atoms with Gasteiger partial charge in [-0.15, -0.1) is 0 Å². The number of hydrogen-bond donors (Lipinski definition) is 1. The Labute approximate surface area is 130 Å². The molecule has 122 valence electrons. The average Bonchev–Trinajstić information content (AvgIpc) is 2.52. The molecule has 1 aliphatic heterocycles. The summed E-state index contributed by atoms with van der Waals surface area (Å²) in [4.78, 5) is 2.51. The number of rotatable bonds is 10. The number of likely N-dealkylation sites (tertiary alicyclic amines) is 1. The first-order chi connectivity index (χ1) is 10.2. The number of piperidine rings is 1. The van der Waals surface area contributed by atoms with Crippen molar-refractivity contribution in [2.75, 3.05) is 32.8 Å². The van der Waals surface area contributed by atoms with Crippen LogP contribution in [0.25, 0.3) is 0 Å². The fourth-order valence-corrected chi connectivity index (χ4v) is 3.14. The molecular weight excluding hydrogens is 262 g/mol. The van der Waals surface area contributed by atoms with Gasteiger partial charge in [-0.25, -0.2) is 0 Å². The summed E-state index contributed by atoms with van der Waals surface area (Å²) in [6, 6.07) is 2.49. The molecule has 0 aromatic carbocycles. The van der Waals surface area contributed by atoms with Crippen LogP contribution in [0, 0.1) is 11.3 Å². The molecule has 4 heteroatoms. The number of nitriles is 1. The molecule has 0 radical (unpaired) electrons. The van der Waals surface area contributed by atoms with Crippen molar-refractivity contribution in [2.24, 2.45) is 0 Å². The second-order valence-corrected chi connectivity index (χ2v) is 6.12. The predicted molar refractivity (Wildman–Crippen MR) is 87.3 cm³/mol. The third kappa shape index (κ3) is 6.34. The van der Waals surface area contributed by atoms with Crippen LogP contribution in [0.2, 0.25) is 0 Å². The summed E-state index contributed by atoms with van der Waals surface area (Å²) in [5, 5.41) is 12.8. The van der Waals surface area contributed by atoms with Crippen LogP contribution in [0.5, 0.6) is 0 Å². The second kappa shape index (κ2) is 10.2. The van der Waals surface area contributed by atoms with Gasteiger partial charge >= 0.3 is 0 Å². The van der Waals surface area contributed by atoms with E-state index in [0.29, 0.717) is 6.10 Å². The van der Waals surface area contributed by atoms with Gasteiger partial charge in [-0.3, -0.25) is 5.32 Å². The Morgan fingerprint density at radius 2 is 2.19 bits per heavy atom. The van der Waals surface area contributed by atoms with Crippen molar-refractivity contribution in [2.45, 2.75) is 70.9 Å². The highest BCUT2D eigenvalue weighted by molar-refractivity contribution is 5.06. The topological polar surface area (TPSA) is 48.3 Å². The Morgan fingerprint density at radius 1 is 1.38 bits per heavy atom. The van der Waals surface area contributed by atoms with Gasteiger partial charge in [0.25, 0.3) is 0 Å². The van der Waals surface area contributed by atoms with Crippen molar-refractivity contribution in [1.82, 2.24) is 10.2 Å². The standard InChI is InChI=1S/C17H33N3O/c1-4-13-21-16-9-7-11-20(14-16)12-8-10-17(5-2,15-18)19-6-3/h16,19H,4-14H2,1-3H3. The molecule has 21 heavy (non-hydrogen) atoms. The summed E-state index contributed by atoms with van der Waals surface area (Å²) in [6.07, 6.45) is 6.84. The third-order valence-corrected chi connectivity index (χ3v) is 4.43. The fraction of sp³-hybridized carbons (Fsp3) is 0.941. The Balaban J connectivity index is 2.32. The molecule has 0 aromatic heterocycles. The Kier molecular flexibility index (Phi) is 8.91. The zero-order chi connectivity index (χ0) is 15.6. The SMILES string of the molecule is CCCOC1CCCN(CCCC(C#N)(CC)NCC)C1. The predicted octanol–water partition coefficient (Wildman–Crippen LogP) is 2.94. The van der Waals surface area contributed by atoms with Crippen LogP contribution >= 0.6 is 0 Å². The van der Waals surface area contributed by atoms with E-state index in [2.05, 4.69) is 37.1 Å². The number of nitrogens with zero attached hydrogens (tertiary/aromatic N) is 2. The highest BCUT2D eigenvalue weighted by Crippen LogP contribution is 2.19. The zero-order valence-corrected chi connectivity index (χ0v) is 14.2. The molecule has 1 saturated heterocycles. The maximum atomic E-state index is 9.44. The lowest BCUT2D eigenvalue weighted by molar-refractivity contribution is -0.000642. The molecule has 2 unspecified atom stereocenters. The summed E-state index contributed by atoms with van der Waals surface area (Å²) in [7, 11) is 0. The maximum Gasteiger partial charge on any atom is 0.106 e. The van der Waals surface area contributed by atoms with E-state index in [9.17, 15) is 5.26 Å². The number of ether oxygens (including phenoxy) is 1. The quantitative estimate of drug-likeness (QED) is 0.673. The van der Waals surface area contributed by atoms with E-state index in [-0.39, 0.29) is 5.54 Å². The van der Waals surface area contributed by atoms with E-state index in [1.54, 1.807) is 0 Å². The Bertz CT molecular complexity index is 316. The van der Waals surface area contributed by atoms with Gasteiger partial charge in [0.2, 0.25) is 0 Å². The van der Waals surface area contributed by atoms with Gasteiger partial charge < -0.3 is 9.64 Å². The summed E-state index contributed by atoms with van der Waals surface area (Å²) < 4.78 is 5.88. The number of nitrogens with one attached hydrogen (secondary N) is 1. The first-order valence-electron chi connectivity index (χ1n) is 8.70. The van der Waals surface area contributed by atoms with Gasteiger partial charge in [-0.05, 0) is 58.2 Å². The summed E-state index contributed by atoms with van der Waals surface area (Å²) >= 11 is 0. The third-order valence-electron chi connectivity index (χ3n) is 4.43. The molecule has 1 N–H and O–H groups in total. The van der Waals surface area contributed by atoms with E-state index in [1.807, 2.05) is 0 Å². The van der Waals surface area contributed by atoms with Crippen LogP contribution in [0.15, 0.2) is 0 Å². The minimum atomic E-state index is -0.331. The smallest absolute Gasteiger partial charge is 0.106 e. The van der Waals surface area contributed by atoms with Crippen molar-refractivity contribution in [3.05, 3.63) is 0 Å². The van der Waals surface area contributed by atoms with Crippen LogP contribution in [0.1, 0.15) is 59.3 Å². The number of hydrogen-bond acceptors (Lipinski definition) is 4. The lowest BCUT2D eigenvalue weighted by Gasteiger charge is -2.33. The maximum absolute atomic E-state index is 9.44. The molecule has 1 fully saturated rings. The molecule has 4 nitrogen and oxygen atoms in total. The van der Waals surface area contributed by atoms with Crippen molar-refractivity contribution >= 4 is 0 Å². The summed E-state index contributed by atoms with van der Waals surface area (Å²) in [5.74, 6) is 0. The van der Waals surface area contributed by atoms with Crippen LogP contribution in [0.3, 0.4) is 0 Å². The van der Waals surface area contributed by atoms with Gasteiger partial charge in [0.05, 0.1) is 12.2 Å². The highest BCUT2D eigenvalue weighted by atomic mass is 16.5. The van der Waals surface area contributed by atoms with Gasteiger partial charge in [0.15, 0.2) is 0 Å². The summed E-state index contributed by atoms with van der Waals surface area (Å²) in [6.45, 7) is 11.4. The highest BCUT2D eigenvalue weighted by Gasteiger charge is 2.27. The van der Waals surface area contributed by atoms with Crippen LogP contribution in [-0.2, 0) is 4.74 Å². The van der Waals surface area contributed by atoms with Crippen molar-refractivity contribution in [3.63, 3.8) is 0 Å². The molecule has 1 aliphatic rings. The first kappa shape index (κ1) is 18.4. The van der Waals surface area contributed by atoms with Gasteiger partial charge in [0, 0.05) is 13.2 Å². The van der Waals surface area contributed by atoms with Crippen molar-refractivity contribution < 1.29 is 4.74 Å². The molecule has 1 rings (SSSR count). The first-order valence-corrected chi connectivity index (χ1v) is 8.70. The molecule has 0 spiro atoms. The van der Waals surface area contributed by atoms with Crippen molar-refractivity contribution in [3.8, 4) is 6.07 Å². The van der Waals surface area contributed by atoms with E-state index in [1.165, 1.54) is 19.4 Å². The van der Waals surface area contributed by atoms with E-state index in [0.717, 1.165) is 51.9 Å². The van der Waals surface area contributed by atoms with E-state index in [4.69, 9.17) is 4.74 Å². The van der Waals surface area contributed by atoms with Gasteiger partial charge in [-0.1, -0.05) is 20.8 Å². The van der Waals surface area contributed by atoms with Gasteiger partial charge in [0.1, 0.15) is 5.54 Å². The molecule has 1 heterocycles. The van der Waals surface area contributed by atoms with Crippen molar-refractivity contribution in [1.29, 1.82) is 5.26 Å². The molecule has 0 aromatic rings. The van der Waals surface area contributed by atoms with E-state index < -0.39 is 0 Å². The molecule has 0 saturated carbocycles. The largest absolute Gasteiger partial charge is 0.377 e. The monoisotopic (exact) mass is 295 g/mol. The Morgan fingerprint density at radius 3 is 2.81 bits per heavy atom. The second-order valence-electron chi connectivity index (χ2n) is 6.12. The lowest BCUT2D eigenvalue weighted by Crippen LogP contribution is -2.45. The molecule has 0 bridgehead atoms. The Hall–Kier alpha value is -0.630. The average molecular weight is 295 g/mol. The summed E-state index contributed by atoms with van der Waals surface area (Å²) in [5.41, 5.74) is -0.331. The van der Waals surface area contributed by atoms with Crippen LogP contribution < -0.4 is 5.32 Å². The minimum absolute atomic E-state index is 0.331. The van der Waals surface area contributed by atoms with E-state index >= 15 is 0 Å². The minimum Gasteiger partial charge on any atom is -0.377 e. The van der Waals surface area contributed by atoms with Crippen LogP contribution in [-0.4, -0.2) is 49.3 Å². The molecule has 0 amide bonds. The van der Waals surface area contributed by atoms with Crippen LogP contribution in [0.4, 0.5) is 0 Å². The normalized spacial score (nSPS) is 22.7. The fourth-order valence-electron chi connectivity index (χ4n) is 3.14. The lowest BCUT2D eigenvalue weighted by atomic mass is 9.91. The van der Waals surface area contributed by atoms with Gasteiger partial charge in [-0.2, -0.15) is 5.26 Å². The zero-order valence-electron chi connectivity index (χ0n) is 14.2.